The monoisotopic (exact) mass is 1110 g/mol. The van der Waals surface area contributed by atoms with Crippen LogP contribution < -0.4 is 4.74 Å². The van der Waals surface area contributed by atoms with Crippen LogP contribution in [0.4, 0.5) is 0 Å². The molecule has 86 heavy (non-hydrogen) atoms. The van der Waals surface area contributed by atoms with E-state index in [0.29, 0.717) is 23.7 Å². The normalized spacial score (nSPS) is 22.9. The molecule has 1 spiro atoms. The first-order chi connectivity index (χ1) is 41.5. The Morgan fingerprint density at radius 1 is 0.384 bits per heavy atom. The number of benzene rings is 8. The molecular weight excluding hydrogens is 1050 g/mol. The fourth-order valence-corrected chi connectivity index (χ4v) is 22.6. The highest BCUT2D eigenvalue weighted by molar-refractivity contribution is 6.33. The zero-order chi connectivity index (χ0) is 58.1. The standard InChI is InChI=1S/C79H62N6O/c1-75(2)35-77(5,6)71-63-53(27-43(33-82)67(71)75)84-51-25-41(31-80)57-37-17-21-39(22-18-37)59(57)61(51)47-29-45-46-30-48-62-52(26-42(32-81)58-38-19-23-40(24-20-38)60(58)62)85-54-28-44(34-83)68-72(78(7,8)36-76(68,3)4)64(54)66(74(48)85)70(46)79(69(45)65(63)73(47)84)49-13-9-11-15-55(49)86-56-16-12-10-14-50(56)79/h9-16,25-30,37-40H,17-24,35-36H2,1-8H3. The first-order valence-electron chi connectivity index (χ1n) is 31.8. The van der Waals surface area contributed by atoms with Crippen LogP contribution in [0.15, 0.2) is 84.9 Å². The predicted molar refractivity (Wildman–Crippen MR) is 341 cm³/mol. The smallest absolute Gasteiger partial charge is 0.132 e. The van der Waals surface area contributed by atoms with Crippen LogP contribution in [0.1, 0.15) is 232 Å². The molecule has 7 heteroatoms. The molecule has 0 unspecified atom stereocenters. The maximum absolute atomic E-state index is 11.6. The number of para-hydroxylation sites is 2. The maximum Gasteiger partial charge on any atom is 0.132 e. The van der Waals surface area contributed by atoms with Crippen LogP contribution in [0.25, 0.3) is 87.3 Å². The third-order valence-corrected chi connectivity index (χ3v) is 24.3. The number of nitrogens with zero attached hydrogens (tertiary/aromatic N) is 6. The van der Waals surface area contributed by atoms with E-state index >= 15 is 0 Å². The van der Waals surface area contributed by atoms with Crippen LogP contribution in [-0.4, -0.2) is 8.80 Å². The molecule has 12 aromatic rings. The zero-order valence-electron chi connectivity index (χ0n) is 50.1. The summed E-state index contributed by atoms with van der Waals surface area (Å²) in [6.07, 6.45) is 10.7. The Balaban J connectivity index is 1.12. The Labute approximate surface area is 499 Å². The SMILES string of the molecule is CC1(C)CC(C)(C)c2c1c(C#N)cc1c2c2c3c(cc4c5c6c(c(C#N)cc5n1c42)C1CCC6CC1)-c1cc2c4c5c(c(C#N)cc4n4c6cc(C#N)c7c(c6c(c1C31c3ccccc3Oc3ccccc31)c24)C(C)(C)CC7(C)C)C1CCC5CC1. The molecule has 2 saturated carbocycles. The molecule has 0 amide bonds. The van der Waals surface area contributed by atoms with E-state index in [4.69, 9.17) is 4.74 Å². The van der Waals surface area contributed by atoms with E-state index in [-0.39, 0.29) is 21.7 Å². The van der Waals surface area contributed by atoms with E-state index < -0.39 is 5.41 Å². The van der Waals surface area contributed by atoms with Crippen molar-refractivity contribution in [1.82, 2.24) is 8.80 Å². The summed E-state index contributed by atoms with van der Waals surface area (Å²) in [6.45, 7) is 19.0. The molecule has 0 atom stereocenters. The summed E-state index contributed by atoms with van der Waals surface area (Å²) < 4.78 is 12.4. The summed E-state index contributed by atoms with van der Waals surface area (Å²) in [6, 6.07) is 43.1. The number of fused-ring (bicyclic) bond motifs is 31. The zero-order valence-corrected chi connectivity index (χ0v) is 50.1. The van der Waals surface area contributed by atoms with Crippen LogP contribution in [0.2, 0.25) is 0 Å². The van der Waals surface area contributed by atoms with Gasteiger partial charge in [-0.15, -0.1) is 0 Å². The van der Waals surface area contributed by atoms with Gasteiger partial charge in [0.2, 0.25) is 0 Å². The number of nitriles is 4. The molecule has 414 valence electrons. The van der Waals surface area contributed by atoms with Gasteiger partial charge in [0.15, 0.2) is 0 Å². The van der Waals surface area contributed by atoms with Gasteiger partial charge in [0.05, 0.1) is 85.0 Å². The van der Waals surface area contributed by atoms with Crippen molar-refractivity contribution in [2.24, 2.45) is 0 Å². The van der Waals surface area contributed by atoms with Crippen LogP contribution in [0, 0.1) is 45.3 Å². The highest BCUT2D eigenvalue weighted by Gasteiger charge is 2.57. The van der Waals surface area contributed by atoms with Crippen molar-refractivity contribution >= 4 is 76.2 Å². The van der Waals surface area contributed by atoms with Gasteiger partial charge < -0.3 is 13.5 Å². The largest absolute Gasteiger partial charge is 0.457 e. The van der Waals surface area contributed by atoms with Crippen molar-refractivity contribution in [2.75, 3.05) is 0 Å². The number of ether oxygens (including phenoxy) is 1. The number of aromatic nitrogens is 2. The summed E-state index contributed by atoms with van der Waals surface area (Å²) in [7, 11) is 0. The topological polar surface area (TPSA) is 113 Å². The van der Waals surface area contributed by atoms with Gasteiger partial charge in [0.25, 0.3) is 0 Å². The van der Waals surface area contributed by atoms with Gasteiger partial charge in [-0.25, -0.2) is 0 Å². The fourth-order valence-electron chi connectivity index (χ4n) is 22.6. The van der Waals surface area contributed by atoms with Gasteiger partial charge >= 0.3 is 0 Å². The summed E-state index contributed by atoms with van der Waals surface area (Å²) in [5.41, 5.74) is 24.7. The average Bonchev–Trinajstić information content (AvgIpc) is 1.46. The molecule has 8 aromatic carbocycles. The molecular formula is C79H62N6O. The predicted octanol–water partition coefficient (Wildman–Crippen LogP) is 19.4. The van der Waals surface area contributed by atoms with Crippen molar-refractivity contribution in [3.8, 4) is 46.9 Å². The fraction of sp³-hybridized carbons (Fsp3) is 0.342. The highest BCUT2D eigenvalue weighted by atomic mass is 16.5. The third-order valence-electron chi connectivity index (χ3n) is 24.3. The van der Waals surface area contributed by atoms with Crippen molar-refractivity contribution in [3.05, 3.63) is 174 Å². The Kier molecular flexibility index (Phi) is 8.35. The minimum atomic E-state index is -0.986. The highest BCUT2D eigenvalue weighted by Crippen LogP contribution is 2.71. The lowest BCUT2D eigenvalue weighted by atomic mass is 9.63. The van der Waals surface area contributed by atoms with Crippen LogP contribution in [-0.2, 0) is 27.1 Å². The van der Waals surface area contributed by atoms with Crippen molar-refractivity contribution in [3.63, 3.8) is 0 Å². The number of hydrogen-bond acceptors (Lipinski definition) is 5. The molecule has 0 N–H and O–H groups in total. The van der Waals surface area contributed by atoms with Crippen molar-refractivity contribution in [2.45, 2.75) is 170 Å². The molecule has 0 saturated heterocycles. The minimum absolute atomic E-state index is 0.291. The van der Waals surface area contributed by atoms with Gasteiger partial charge in [0, 0.05) is 54.2 Å². The van der Waals surface area contributed by atoms with E-state index in [1.165, 1.54) is 110 Å². The summed E-state index contributed by atoms with van der Waals surface area (Å²) >= 11 is 0. The minimum Gasteiger partial charge on any atom is -0.457 e. The van der Waals surface area contributed by atoms with E-state index in [0.717, 1.165) is 142 Å². The van der Waals surface area contributed by atoms with E-state index in [1.807, 2.05) is 0 Å². The number of hydrogen-bond donors (Lipinski definition) is 0. The van der Waals surface area contributed by atoms with Gasteiger partial charge in [-0.05, 0) is 225 Å². The Morgan fingerprint density at radius 2 is 0.721 bits per heavy atom. The second-order valence-corrected chi connectivity index (χ2v) is 30.5. The van der Waals surface area contributed by atoms with Crippen molar-refractivity contribution in [1.29, 1.82) is 21.0 Å². The van der Waals surface area contributed by atoms with Crippen LogP contribution in [0.3, 0.4) is 0 Å². The molecule has 0 radical (unpaired) electrons. The molecule has 5 heterocycles. The van der Waals surface area contributed by atoms with Crippen molar-refractivity contribution < 1.29 is 4.74 Å². The second-order valence-electron chi connectivity index (χ2n) is 30.5. The van der Waals surface area contributed by atoms with Crippen LogP contribution in [0.5, 0.6) is 11.5 Å². The number of rotatable bonds is 0. The summed E-state index contributed by atoms with van der Waals surface area (Å²) in [5.74, 6) is 3.04. The Morgan fingerprint density at radius 3 is 1.10 bits per heavy atom. The first kappa shape index (κ1) is 48.4. The molecule has 4 bridgehead atoms. The third kappa shape index (κ3) is 5.08. The lowest BCUT2D eigenvalue weighted by Gasteiger charge is -2.40. The molecule has 7 nitrogen and oxygen atoms in total. The van der Waals surface area contributed by atoms with Gasteiger partial charge in [-0.1, -0.05) is 91.8 Å². The molecule has 1 aliphatic heterocycles. The molecule has 22 rings (SSSR count). The van der Waals surface area contributed by atoms with E-state index in [1.54, 1.807) is 0 Å². The first-order valence-corrected chi connectivity index (χ1v) is 31.8. The quantitative estimate of drug-likeness (QED) is 0.150. The molecule has 2 fully saturated rings. The summed E-state index contributed by atoms with van der Waals surface area (Å²) in [5, 5.41) is 55.8. The maximum atomic E-state index is 11.6. The van der Waals surface area contributed by atoms with Gasteiger partial charge in [0.1, 0.15) is 11.5 Å². The lowest BCUT2D eigenvalue weighted by Crippen LogP contribution is -2.32. The van der Waals surface area contributed by atoms with E-state index in [2.05, 4.69) is 173 Å². The second kappa shape index (κ2) is 14.8. The molecule has 10 aliphatic rings. The van der Waals surface area contributed by atoms with Gasteiger partial charge in [-0.2, -0.15) is 21.0 Å². The van der Waals surface area contributed by atoms with Crippen LogP contribution >= 0.6 is 0 Å². The average molecular weight is 1110 g/mol. The molecule has 4 aromatic heterocycles. The van der Waals surface area contributed by atoms with E-state index in [9.17, 15) is 21.0 Å². The lowest BCUT2D eigenvalue weighted by molar-refractivity contribution is 0.361. The molecule has 9 aliphatic carbocycles. The summed E-state index contributed by atoms with van der Waals surface area (Å²) in [4.78, 5) is 0. The van der Waals surface area contributed by atoms with Gasteiger partial charge in [-0.3, -0.25) is 0 Å². The Bertz CT molecular complexity index is 5190. The Hall–Kier alpha value is -8.88.